The van der Waals surface area contributed by atoms with Crippen molar-refractivity contribution < 1.29 is 24.2 Å². The van der Waals surface area contributed by atoms with E-state index < -0.39 is 24.0 Å². The van der Waals surface area contributed by atoms with E-state index in [9.17, 15) is 19.5 Å². The number of fused-ring (bicyclic) bond motifs is 3. The standard InChI is InChI=1S/C28H32N2O5/c1-17-10-13-19(27(32)33)15-30(17)26(31)25(14-18-11-12-18)29-28(34)35-16-24-22-8-4-2-6-20(22)21-7-3-5-9-23(21)24/h2-9,17-19,24-25H,10-16H2,1H3,(H,29,34)(H,32,33)/t17?,19?,25-/m0/s1. The molecule has 2 aliphatic carbocycles. The maximum Gasteiger partial charge on any atom is 0.407 e. The lowest BCUT2D eigenvalue weighted by molar-refractivity contribution is -0.148. The Morgan fingerprint density at radius 1 is 1.00 bits per heavy atom. The van der Waals surface area contributed by atoms with Gasteiger partial charge in [0.15, 0.2) is 0 Å². The predicted molar refractivity (Wildman–Crippen MR) is 131 cm³/mol. The topological polar surface area (TPSA) is 95.9 Å². The Hall–Kier alpha value is -3.35. The van der Waals surface area contributed by atoms with Gasteiger partial charge in [0, 0.05) is 18.5 Å². The molecule has 2 N–H and O–H groups in total. The number of likely N-dealkylation sites (tertiary alicyclic amines) is 1. The summed E-state index contributed by atoms with van der Waals surface area (Å²) in [5.74, 6) is -1.29. The van der Waals surface area contributed by atoms with E-state index in [0.29, 0.717) is 25.2 Å². The van der Waals surface area contributed by atoms with Crippen molar-refractivity contribution in [1.29, 1.82) is 0 Å². The molecule has 184 valence electrons. The minimum Gasteiger partial charge on any atom is -0.481 e. The zero-order valence-electron chi connectivity index (χ0n) is 20.0. The van der Waals surface area contributed by atoms with Crippen LogP contribution in [0.5, 0.6) is 0 Å². The summed E-state index contributed by atoms with van der Waals surface area (Å²) in [6.07, 6.45) is 3.25. The van der Waals surface area contributed by atoms with Gasteiger partial charge in [-0.2, -0.15) is 0 Å². The first-order chi connectivity index (χ1) is 16.9. The SMILES string of the molecule is CC1CCC(C(=O)O)CN1C(=O)[C@H](CC1CC1)NC(=O)OCC1c2ccccc2-c2ccccc21. The molecule has 2 aromatic rings. The lowest BCUT2D eigenvalue weighted by atomic mass is 9.92. The van der Waals surface area contributed by atoms with Crippen molar-refractivity contribution in [3.8, 4) is 11.1 Å². The number of benzene rings is 2. The fraction of sp³-hybridized carbons (Fsp3) is 0.464. The second-order valence-corrected chi connectivity index (χ2v) is 10.2. The van der Waals surface area contributed by atoms with Crippen LogP contribution in [0.3, 0.4) is 0 Å². The minimum absolute atomic E-state index is 0.0517. The number of aliphatic carboxylic acids is 1. The monoisotopic (exact) mass is 476 g/mol. The van der Waals surface area contributed by atoms with Crippen LogP contribution in [0.15, 0.2) is 48.5 Å². The van der Waals surface area contributed by atoms with E-state index in [1.807, 2.05) is 31.2 Å². The number of carboxylic acids is 1. The molecular weight excluding hydrogens is 444 g/mol. The smallest absolute Gasteiger partial charge is 0.407 e. The van der Waals surface area contributed by atoms with Crippen molar-refractivity contribution in [1.82, 2.24) is 10.2 Å². The molecule has 7 heteroatoms. The third-order valence-corrected chi connectivity index (χ3v) is 7.71. The summed E-state index contributed by atoms with van der Waals surface area (Å²) in [7, 11) is 0. The van der Waals surface area contributed by atoms with Crippen molar-refractivity contribution in [3.63, 3.8) is 0 Å². The quantitative estimate of drug-likeness (QED) is 0.617. The third-order valence-electron chi connectivity index (χ3n) is 7.71. The molecule has 1 saturated carbocycles. The first kappa shape index (κ1) is 23.4. The molecule has 35 heavy (non-hydrogen) atoms. The van der Waals surface area contributed by atoms with Crippen LogP contribution in [0.2, 0.25) is 0 Å². The molecule has 3 aliphatic rings. The number of piperidine rings is 1. The van der Waals surface area contributed by atoms with Crippen LogP contribution in [0.25, 0.3) is 11.1 Å². The van der Waals surface area contributed by atoms with E-state index in [0.717, 1.165) is 35.1 Å². The van der Waals surface area contributed by atoms with Gasteiger partial charge in [0.25, 0.3) is 0 Å². The average Bonchev–Trinajstić information content (AvgIpc) is 3.62. The summed E-state index contributed by atoms with van der Waals surface area (Å²) >= 11 is 0. The molecule has 0 spiro atoms. The van der Waals surface area contributed by atoms with E-state index in [1.165, 1.54) is 0 Å². The zero-order valence-corrected chi connectivity index (χ0v) is 20.0. The molecule has 0 bridgehead atoms. The summed E-state index contributed by atoms with van der Waals surface area (Å²) in [6.45, 7) is 2.31. The van der Waals surface area contributed by atoms with E-state index in [2.05, 4.69) is 29.6 Å². The second-order valence-electron chi connectivity index (χ2n) is 10.2. The lowest BCUT2D eigenvalue weighted by Gasteiger charge is -2.38. The lowest BCUT2D eigenvalue weighted by Crippen LogP contribution is -2.55. The number of ether oxygens (including phenoxy) is 1. The van der Waals surface area contributed by atoms with Gasteiger partial charge in [-0.25, -0.2) is 4.79 Å². The number of carbonyl (C=O) groups is 3. The van der Waals surface area contributed by atoms with Gasteiger partial charge in [0.05, 0.1) is 5.92 Å². The van der Waals surface area contributed by atoms with Crippen molar-refractivity contribution in [2.75, 3.05) is 13.2 Å². The number of rotatable bonds is 7. The minimum atomic E-state index is -0.877. The Morgan fingerprint density at radius 3 is 2.23 bits per heavy atom. The molecule has 5 rings (SSSR count). The van der Waals surface area contributed by atoms with E-state index in [1.54, 1.807) is 4.90 Å². The summed E-state index contributed by atoms with van der Waals surface area (Å²) in [4.78, 5) is 39.5. The van der Waals surface area contributed by atoms with Crippen molar-refractivity contribution in [2.24, 2.45) is 11.8 Å². The van der Waals surface area contributed by atoms with Crippen LogP contribution in [0, 0.1) is 11.8 Å². The molecule has 1 aliphatic heterocycles. The Kier molecular flexibility index (Phi) is 6.50. The first-order valence-electron chi connectivity index (χ1n) is 12.6. The molecule has 2 fully saturated rings. The Morgan fingerprint density at radius 2 is 1.63 bits per heavy atom. The second kappa shape index (κ2) is 9.72. The third kappa shape index (κ3) is 4.90. The highest BCUT2D eigenvalue weighted by atomic mass is 16.5. The molecule has 7 nitrogen and oxygen atoms in total. The van der Waals surface area contributed by atoms with Crippen LogP contribution < -0.4 is 5.32 Å². The number of hydrogen-bond acceptors (Lipinski definition) is 4. The van der Waals surface area contributed by atoms with E-state index >= 15 is 0 Å². The van der Waals surface area contributed by atoms with Gasteiger partial charge < -0.3 is 20.1 Å². The van der Waals surface area contributed by atoms with Gasteiger partial charge in [-0.05, 0) is 54.4 Å². The predicted octanol–water partition coefficient (Wildman–Crippen LogP) is 4.41. The number of alkyl carbamates (subject to hydrolysis) is 1. The van der Waals surface area contributed by atoms with E-state index in [-0.39, 0.29) is 31.0 Å². The highest BCUT2D eigenvalue weighted by Gasteiger charge is 2.38. The van der Waals surface area contributed by atoms with E-state index in [4.69, 9.17) is 4.74 Å². The fourth-order valence-corrected chi connectivity index (χ4v) is 5.51. The van der Waals surface area contributed by atoms with Crippen LogP contribution in [-0.2, 0) is 14.3 Å². The molecule has 0 aromatic heterocycles. The number of hydrogen-bond donors (Lipinski definition) is 2. The maximum absolute atomic E-state index is 13.4. The van der Waals surface area contributed by atoms with Crippen molar-refractivity contribution in [3.05, 3.63) is 59.7 Å². The highest BCUT2D eigenvalue weighted by molar-refractivity contribution is 5.87. The van der Waals surface area contributed by atoms with Crippen LogP contribution in [-0.4, -0.2) is 53.2 Å². The molecule has 1 saturated heterocycles. The number of nitrogens with one attached hydrogen (secondary N) is 1. The number of carbonyl (C=O) groups excluding carboxylic acids is 2. The normalized spacial score (nSPS) is 22.1. The Balaban J connectivity index is 1.26. The Bertz CT molecular complexity index is 1080. The van der Waals surface area contributed by atoms with Crippen LogP contribution in [0.4, 0.5) is 4.79 Å². The zero-order chi connectivity index (χ0) is 24.5. The average molecular weight is 477 g/mol. The number of amides is 2. The van der Waals surface area contributed by atoms with Crippen molar-refractivity contribution in [2.45, 2.75) is 57.0 Å². The Labute approximate surface area is 205 Å². The highest BCUT2D eigenvalue weighted by Crippen LogP contribution is 2.44. The first-order valence-corrected chi connectivity index (χ1v) is 12.6. The molecule has 0 radical (unpaired) electrons. The van der Waals surface area contributed by atoms with Gasteiger partial charge in [-0.1, -0.05) is 61.4 Å². The van der Waals surface area contributed by atoms with Crippen LogP contribution >= 0.6 is 0 Å². The molecule has 2 unspecified atom stereocenters. The number of carboxylic acid groups (broad SMARTS) is 1. The fourth-order valence-electron chi connectivity index (χ4n) is 5.51. The summed E-state index contributed by atoms with van der Waals surface area (Å²) in [5, 5.41) is 12.3. The molecule has 3 atom stereocenters. The molecule has 2 aromatic carbocycles. The number of nitrogens with zero attached hydrogens (tertiary/aromatic N) is 1. The van der Waals surface area contributed by atoms with Gasteiger partial charge in [-0.3, -0.25) is 9.59 Å². The molecular formula is C28H32N2O5. The van der Waals surface area contributed by atoms with Crippen LogP contribution in [0.1, 0.15) is 56.1 Å². The van der Waals surface area contributed by atoms with Gasteiger partial charge in [0.1, 0.15) is 12.6 Å². The summed E-state index contributed by atoms with van der Waals surface area (Å²) in [5.41, 5.74) is 4.58. The van der Waals surface area contributed by atoms with Gasteiger partial charge in [0.2, 0.25) is 5.91 Å². The van der Waals surface area contributed by atoms with Gasteiger partial charge in [-0.15, -0.1) is 0 Å². The molecule has 2 amide bonds. The van der Waals surface area contributed by atoms with Gasteiger partial charge >= 0.3 is 12.1 Å². The largest absolute Gasteiger partial charge is 0.481 e. The summed E-state index contributed by atoms with van der Waals surface area (Å²) < 4.78 is 5.68. The van der Waals surface area contributed by atoms with Crippen molar-refractivity contribution >= 4 is 18.0 Å². The molecule has 1 heterocycles. The summed E-state index contributed by atoms with van der Waals surface area (Å²) in [6, 6.07) is 15.6. The maximum atomic E-state index is 13.4.